The van der Waals surface area contributed by atoms with Gasteiger partial charge < -0.3 is 13.9 Å². The highest BCUT2D eigenvalue weighted by Gasteiger charge is 2.43. The number of piperidine rings is 1. The Bertz CT molecular complexity index is 621. The molecule has 1 spiro atoms. The summed E-state index contributed by atoms with van der Waals surface area (Å²) in [4.78, 5) is 6.51. The summed E-state index contributed by atoms with van der Waals surface area (Å²) in [7, 11) is 0. The molecule has 0 saturated carbocycles. The van der Waals surface area contributed by atoms with Gasteiger partial charge in [0.25, 0.3) is 0 Å². The van der Waals surface area contributed by atoms with Gasteiger partial charge in [-0.1, -0.05) is 0 Å². The van der Waals surface area contributed by atoms with E-state index in [0.717, 1.165) is 38.9 Å². The molecule has 24 heavy (non-hydrogen) atoms. The van der Waals surface area contributed by atoms with Crippen LogP contribution in [-0.4, -0.2) is 41.3 Å². The van der Waals surface area contributed by atoms with Gasteiger partial charge in [0.05, 0.1) is 37.4 Å². The van der Waals surface area contributed by atoms with E-state index >= 15 is 0 Å². The first kappa shape index (κ1) is 15.8. The zero-order valence-corrected chi connectivity index (χ0v) is 13.9. The summed E-state index contributed by atoms with van der Waals surface area (Å²) >= 11 is 0. The largest absolute Gasteiger partial charge is 0.472 e. The molecule has 0 aliphatic carbocycles. The van der Waals surface area contributed by atoms with Crippen LogP contribution in [0.25, 0.3) is 0 Å². The van der Waals surface area contributed by atoms with Crippen LogP contribution in [0.15, 0.2) is 47.5 Å². The predicted octanol–water partition coefficient (Wildman–Crippen LogP) is 3.01. The van der Waals surface area contributed by atoms with E-state index in [9.17, 15) is 0 Å². The minimum absolute atomic E-state index is 0.0236. The second kappa shape index (κ2) is 7.05. The van der Waals surface area contributed by atoms with Gasteiger partial charge in [0.15, 0.2) is 0 Å². The summed E-state index contributed by atoms with van der Waals surface area (Å²) in [6, 6.07) is 6.04. The Morgan fingerprint density at radius 2 is 2.00 bits per heavy atom. The molecule has 0 amide bonds. The topological polar surface area (TPSA) is 47.7 Å². The molecule has 2 saturated heterocycles. The van der Waals surface area contributed by atoms with Gasteiger partial charge in [-0.2, -0.15) is 0 Å². The van der Waals surface area contributed by atoms with Gasteiger partial charge in [-0.15, -0.1) is 0 Å². The second-order valence-corrected chi connectivity index (χ2v) is 6.89. The summed E-state index contributed by atoms with van der Waals surface area (Å²) < 4.78 is 17.4. The lowest BCUT2D eigenvalue weighted by atomic mass is 9.88. The van der Waals surface area contributed by atoms with Crippen molar-refractivity contribution in [2.75, 3.05) is 19.7 Å². The van der Waals surface area contributed by atoms with Crippen molar-refractivity contribution in [3.05, 3.63) is 54.2 Å². The number of furan rings is 1. The maximum Gasteiger partial charge on any atom is 0.0947 e. The normalized spacial score (nSPS) is 23.8. The molecule has 4 rings (SSSR count). The first-order valence-corrected chi connectivity index (χ1v) is 8.69. The summed E-state index contributed by atoms with van der Waals surface area (Å²) in [5.41, 5.74) is 2.44. The third-order valence-electron chi connectivity index (χ3n) is 5.16. The number of pyridine rings is 1. The Hall–Kier alpha value is -1.69. The van der Waals surface area contributed by atoms with Crippen LogP contribution >= 0.6 is 0 Å². The highest BCUT2D eigenvalue weighted by Crippen LogP contribution is 2.37. The van der Waals surface area contributed by atoms with Crippen LogP contribution in [-0.2, 0) is 22.6 Å². The number of ether oxygens (including phenoxy) is 2. The van der Waals surface area contributed by atoms with E-state index < -0.39 is 0 Å². The molecule has 2 fully saturated rings. The van der Waals surface area contributed by atoms with E-state index in [2.05, 4.69) is 9.88 Å². The fourth-order valence-electron chi connectivity index (χ4n) is 3.71. The molecular weight excluding hydrogens is 304 g/mol. The zero-order chi connectivity index (χ0) is 16.2. The number of hydrogen-bond donors (Lipinski definition) is 0. The van der Waals surface area contributed by atoms with Crippen LogP contribution < -0.4 is 0 Å². The van der Waals surface area contributed by atoms with Crippen LogP contribution in [0.3, 0.4) is 0 Å². The van der Waals surface area contributed by atoms with Crippen LogP contribution in [0, 0.1) is 0 Å². The molecule has 0 unspecified atom stereocenters. The summed E-state index contributed by atoms with van der Waals surface area (Å²) in [6.07, 6.45) is 10.6. The first-order chi connectivity index (χ1) is 11.8. The number of nitrogens with zero attached hydrogens (tertiary/aromatic N) is 2. The quantitative estimate of drug-likeness (QED) is 0.844. The van der Waals surface area contributed by atoms with Gasteiger partial charge in [0.2, 0.25) is 0 Å². The molecule has 0 N–H and O–H groups in total. The molecule has 0 bridgehead atoms. The molecule has 128 valence electrons. The molecule has 4 heterocycles. The molecule has 0 radical (unpaired) electrons. The SMILES string of the molecule is c1cc(CO[C@H]2COC3(CCN(Cc4ccoc4)CC3)C2)ccn1. The van der Waals surface area contributed by atoms with Crippen molar-refractivity contribution >= 4 is 0 Å². The third-order valence-corrected chi connectivity index (χ3v) is 5.16. The Morgan fingerprint density at radius 3 is 2.75 bits per heavy atom. The third kappa shape index (κ3) is 3.69. The van der Waals surface area contributed by atoms with E-state index in [-0.39, 0.29) is 11.7 Å². The van der Waals surface area contributed by atoms with Crippen molar-refractivity contribution < 1.29 is 13.9 Å². The summed E-state index contributed by atoms with van der Waals surface area (Å²) in [5, 5.41) is 0. The van der Waals surface area contributed by atoms with E-state index in [1.165, 1.54) is 11.1 Å². The van der Waals surface area contributed by atoms with E-state index in [4.69, 9.17) is 13.9 Å². The smallest absolute Gasteiger partial charge is 0.0947 e. The van der Waals surface area contributed by atoms with Crippen LogP contribution in [0.4, 0.5) is 0 Å². The Kier molecular flexibility index (Phi) is 4.65. The number of hydrogen-bond acceptors (Lipinski definition) is 5. The molecule has 5 nitrogen and oxygen atoms in total. The van der Waals surface area contributed by atoms with E-state index in [0.29, 0.717) is 13.2 Å². The summed E-state index contributed by atoms with van der Waals surface area (Å²) in [5.74, 6) is 0. The fraction of sp³-hybridized carbons (Fsp3) is 0.526. The second-order valence-electron chi connectivity index (χ2n) is 6.89. The molecule has 2 aliphatic rings. The van der Waals surface area contributed by atoms with E-state index in [1.807, 2.05) is 24.5 Å². The predicted molar refractivity (Wildman–Crippen MR) is 89.3 cm³/mol. The molecule has 0 aromatic carbocycles. The molecule has 2 aliphatic heterocycles. The highest BCUT2D eigenvalue weighted by molar-refractivity contribution is 5.08. The van der Waals surface area contributed by atoms with Crippen molar-refractivity contribution in [2.24, 2.45) is 0 Å². The maximum atomic E-state index is 6.18. The Balaban J connectivity index is 1.24. The minimum atomic E-state index is 0.0236. The number of rotatable bonds is 5. The lowest BCUT2D eigenvalue weighted by molar-refractivity contribution is -0.0468. The molecule has 2 aromatic rings. The van der Waals surface area contributed by atoms with Crippen molar-refractivity contribution in [3.8, 4) is 0 Å². The van der Waals surface area contributed by atoms with Gasteiger partial charge in [-0.25, -0.2) is 0 Å². The first-order valence-electron chi connectivity index (χ1n) is 8.69. The van der Waals surface area contributed by atoms with Crippen molar-refractivity contribution in [2.45, 2.75) is 44.1 Å². The van der Waals surface area contributed by atoms with Crippen molar-refractivity contribution in [3.63, 3.8) is 0 Å². The Morgan fingerprint density at radius 1 is 1.17 bits per heavy atom. The van der Waals surface area contributed by atoms with E-state index in [1.54, 1.807) is 18.7 Å². The Labute approximate surface area is 142 Å². The van der Waals surface area contributed by atoms with Crippen LogP contribution in [0.2, 0.25) is 0 Å². The summed E-state index contributed by atoms with van der Waals surface area (Å²) in [6.45, 7) is 4.46. The lowest BCUT2D eigenvalue weighted by Crippen LogP contribution is -2.43. The van der Waals surface area contributed by atoms with Crippen LogP contribution in [0.1, 0.15) is 30.4 Å². The molecule has 2 aromatic heterocycles. The lowest BCUT2D eigenvalue weighted by Gasteiger charge is -2.38. The average Bonchev–Trinajstić information content (AvgIpc) is 3.27. The standard InChI is InChI=1S/C19H24N2O3/c1-6-20-7-2-16(1)14-23-18-11-19(24-15-18)4-8-21(9-5-19)12-17-3-10-22-13-17/h1-3,6-7,10,13,18H,4-5,8-9,11-12,14-15H2/t18-/m1/s1. The van der Waals surface area contributed by atoms with Gasteiger partial charge in [-0.05, 0) is 36.6 Å². The van der Waals surface area contributed by atoms with Gasteiger partial charge >= 0.3 is 0 Å². The average molecular weight is 328 g/mol. The van der Waals surface area contributed by atoms with Crippen LogP contribution in [0.5, 0.6) is 0 Å². The molecule has 5 heteroatoms. The van der Waals surface area contributed by atoms with Gasteiger partial charge in [0, 0.05) is 44.0 Å². The zero-order valence-electron chi connectivity index (χ0n) is 13.9. The van der Waals surface area contributed by atoms with Gasteiger partial charge in [-0.3, -0.25) is 9.88 Å². The monoisotopic (exact) mass is 328 g/mol. The highest BCUT2D eigenvalue weighted by atomic mass is 16.6. The maximum absolute atomic E-state index is 6.18. The van der Waals surface area contributed by atoms with Crippen molar-refractivity contribution in [1.29, 1.82) is 0 Å². The fourth-order valence-corrected chi connectivity index (χ4v) is 3.71. The molecular formula is C19H24N2O3. The minimum Gasteiger partial charge on any atom is -0.472 e. The van der Waals surface area contributed by atoms with Crippen molar-refractivity contribution in [1.82, 2.24) is 9.88 Å². The molecule has 1 atom stereocenters. The van der Waals surface area contributed by atoms with Gasteiger partial charge in [0.1, 0.15) is 0 Å². The number of likely N-dealkylation sites (tertiary alicyclic amines) is 1. The number of aromatic nitrogens is 1.